The maximum atomic E-state index is 13.0. The van der Waals surface area contributed by atoms with Gasteiger partial charge in [-0.05, 0) is 74.3 Å². The molecule has 176 valence electrons. The molecule has 1 aromatic heterocycles. The zero-order valence-electron chi connectivity index (χ0n) is 19.3. The Bertz CT molecular complexity index is 1110. The van der Waals surface area contributed by atoms with Crippen LogP contribution in [-0.4, -0.2) is 32.8 Å². The summed E-state index contributed by atoms with van der Waals surface area (Å²) < 4.78 is 1.64. The van der Waals surface area contributed by atoms with E-state index >= 15 is 0 Å². The molecule has 8 heteroatoms. The Hall–Kier alpha value is -2.35. The third-order valence-corrected chi connectivity index (χ3v) is 8.35. The van der Waals surface area contributed by atoms with E-state index in [1.807, 2.05) is 26.0 Å². The fourth-order valence-corrected chi connectivity index (χ4v) is 7.42. The second-order valence-corrected chi connectivity index (χ2v) is 11.7. The number of nitrogens with zero attached hydrogens (tertiary/aromatic N) is 2. The standard InChI is InChI=1S/C25H32N4O3S/c1-15(2)13-29-22(31)19-5-3-4-6-20(19)26-24(29)33-14-21(30)27-23(32)28-25-10-16-7-17(11-25)9-18(8-16)12-25/h3-6,15-18H,7-14H2,1-2H3,(H2,27,28,30,32). The van der Waals surface area contributed by atoms with Crippen LogP contribution in [-0.2, 0) is 11.3 Å². The number of benzene rings is 1. The minimum absolute atomic E-state index is 0.0250. The van der Waals surface area contributed by atoms with Crippen LogP contribution >= 0.6 is 11.8 Å². The van der Waals surface area contributed by atoms with Crippen molar-refractivity contribution in [3.8, 4) is 0 Å². The molecule has 0 unspecified atom stereocenters. The van der Waals surface area contributed by atoms with Crippen LogP contribution in [0.1, 0.15) is 52.4 Å². The SMILES string of the molecule is CC(C)Cn1c(SCC(=O)NC(=O)NC23CC4CC(CC(C4)C2)C3)nc2ccccc2c1=O. The Kier molecular flexibility index (Phi) is 5.97. The van der Waals surface area contributed by atoms with Gasteiger partial charge in [-0.1, -0.05) is 37.7 Å². The van der Waals surface area contributed by atoms with Crippen molar-refractivity contribution >= 4 is 34.6 Å². The van der Waals surface area contributed by atoms with E-state index in [1.165, 1.54) is 31.0 Å². The quantitative estimate of drug-likeness (QED) is 0.495. The van der Waals surface area contributed by atoms with Gasteiger partial charge >= 0.3 is 6.03 Å². The van der Waals surface area contributed by atoms with Crippen LogP contribution in [0.3, 0.4) is 0 Å². The van der Waals surface area contributed by atoms with Gasteiger partial charge in [0.1, 0.15) is 0 Å². The summed E-state index contributed by atoms with van der Waals surface area (Å²) >= 11 is 1.20. The second-order valence-electron chi connectivity index (χ2n) is 10.7. The zero-order chi connectivity index (χ0) is 23.2. The molecule has 3 amide bonds. The number of carbonyl (C=O) groups excluding carboxylic acids is 2. The highest BCUT2D eigenvalue weighted by Crippen LogP contribution is 2.55. The maximum Gasteiger partial charge on any atom is 0.321 e. The molecule has 4 fully saturated rings. The number of hydrogen-bond donors (Lipinski definition) is 2. The molecule has 0 radical (unpaired) electrons. The summed E-state index contributed by atoms with van der Waals surface area (Å²) in [5.41, 5.74) is 0.380. The highest BCUT2D eigenvalue weighted by atomic mass is 32.2. The second kappa shape index (κ2) is 8.78. The largest absolute Gasteiger partial charge is 0.332 e. The Morgan fingerprint density at radius 1 is 1.12 bits per heavy atom. The first-order valence-electron chi connectivity index (χ1n) is 12.0. The van der Waals surface area contributed by atoms with E-state index in [1.54, 1.807) is 16.7 Å². The summed E-state index contributed by atoms with van der Waals surface area (Å²) in [7, 11) is 0. The minimum Gasteiger partial charge on any atom is -0.332 e. The highest BCUT2D eigenvalue weighted by molar-refractivity contribution is 7.99. The Morgan fingerprint density at radius 2 is 1.76 bits per heavy atom. The van der Waals surface area contributed by atoms with Crippen LogP contribution in [0.2, 0.25) is 0 Å². The zero-order valence-corrected chi connectivity index (χ0v) is 20.1. The number of para-hydroxylation sites is 1. The smallest absolute Gasteiger partial charge is 0.321 e. The monoisotopic (exact) mass is 468 g/mol. The molecule has 0 spiro atoms. The first kappa shape index (κ1) is 22.4. The lowest BCUT2D eigenvalue weighted by molar-refractivity contribution is -0.117. The first-order valence-corrected chi connectivity index (χ1v) is 13.0. The summed E-state index contributed by atoms with van der Waals surface area (Å²) in [5, 5.41) is 6.76. The molecule has 33 heavy (non-hydrogen) atoms. The average Bonchev–Trinajstić information content (AvgIpc) is 2.73. The van der Waals surface area contributed by atoms with E-state index in [9.17, 15) is 14.4 Å². The number of amides is 3. The molecule has 6 rings (SSSR count). The van der Waals surface area contributed by atoms with Gasteiger partial charge in [0.15, 0.2) is 5.16 Å². The molecule has 2 N–H and O–H groups in total. The minimum atomic E-state index is -0.395. The molecule has 2 aromatic rings. The molecule has 4 saturated carbocycles. The van der Waals surface area contributed by atoms with Gasteiger partial charge in [-0.3, -0.25) is 19.5 Å². The lowest BCUT2D eigenvalue weighted by Gasteiger charge is -2.56. The van der Waals surface area contributed by atoms with Crippen LogP contribution in [0.15, 0.2) is 34.2 Å². The lowest BCUT2D eigenvalue weighted by Crippen LogP contribution is -2.61. The van der Waals surface area contributed by atoms with Crippen molar-refractivity contribution in [3.63, 3.8) is 0 Å². The summed E-state index contributed by atoms with van der Waals surface area (Å²) in [6.07, 6.45) is 7.02. The number of aromatic nitrogens is 2. The van der Waals surface area contributed by atoms with Gasteiger partial charge in [0.05, 0.1) is 16.7 Å². The predicted molar refractivity (Wildman–Crippen MR) is 129 cm³/mol. The highest BCUT2D eigenvalue weighted by Gasteiger charge is 2.51. The van der Waals surface area contributed by atoms with Gasteiger partial charge in [0.25, 0.3) is 5.56 Å². The van der Waals surface area contributed by atoms with Crippen molar-refractivity contribution in [2.45, 2.75) is 69.6 Å². The van der Waals surface area contributed by atoms with Gasteiger partial charge in [-0.15, -0.1) is 0 Å². The van der Waals surface area contributed by atoms with E-state index in [0.29, 0.717) is 22.6 Å². The predicted octanol–water partition coefficient (Wildman–Crippen LogP) is 3.94. The van der Waals surface area contributed by atoms with Gasteiger partial charge in [0, 0.05) is 12.1 Å². The van der Waals surface area contributed by atoms with Gasteiger partial charge in [0.2, 0.25) is 5.91 Å². The number of fused-ring (bicyclic) bond motifs is 1. The summed E-state index contributed by atoms with van der Waals surface area (Å²) in [6.45, 7) is 4.60. The maximum absolute atomic E-state index is 13.0. The van der Waals surface area contributed by atoms with Crippen molar-refractivity contribution in [1.82, 2.24) is 20.2 Å². The Labute approximate surface area is 198 Å². The topological polar surface area (TPSA) is 93.1 Å². The van der Waals surface area contributed by atoms with Crippen LogP contribution in [0.25, 0.3) is 10.9 Å². The number of urea groups is 1. The lowest BCUT2D eigenvalue weighted by atomic mass is 9.53. The van der Waals surface area contributed by atoms with Crippen molar-refractivity contribution in [2.24, 2.45) is 23.7 Å². The molecular formula is C25H32N4O3S. The molecule has 0 saturated heterocycles. The van der Waals surface area contributed by atoms with E-state index in [2.05, 4.69) is 15.6 Å². The Morgan fingerprint density at radius 3 is 2.39 bits per heavy atom. The summed E-state index contributed by atoms with van der Waals surface area (Å²) in [5.74, 6) is 2.07. The van der Waals surface area contributed by atoms with Crippen molar-refractivity contribution in [2.75, 3.05) is 5.75 Å². The first-order chi connectivity index (χ1) is 15.8. The van der Waals surface area contributed by atoms with Gasteiger partial charge < -0.3 is 5.32 Å². The van der Waals surface area contributed by atoms with Crippen LogP contribution in [0.5, 0.6) is 0 Å². The molecule has 4 aliphatic rings. The molecule has 1 heterocycles. The van der Waals surface area contributed by atoms with Gasteiger partial charge in [-0.2, -0.15) is 0 Å². The number of imide groups is 1. The van der Waals surface area contributed by atoms with E-state index in [-0.39, 0.29) is 28.7 Å². The molecule has 4 aliphatic carbocycles. The van der Waals surface area contributed by atoms with Crippen LogP contribution < -0.4 is 16.2 Å². The summed E-state index contributed by atoms with van der Waals surface area (Å²) in [4.78, 5) is 42.9. The summed E-state index contributed by atoms with van der Waals surface area (Å²) in [6, 6.07) is 6.86. The van der Waals surface area contributed by atoms with Crippen LogP contribution in [0, 0.1) is 23.7 Å². The molecule has 0 atom stereocenters. The van der Waals surface area contributed by atoms with E-state index in [4.69, 9.17) is 0 Å². The van der Waals surface area contributed by atoms with Crippen molar-refractivity contribution in [3.05, 3.63) is 34.6 Å². The van der Waals surface area contributed by atoms with Crippen molar-refractivity contribution in [1.29, 1.82) is 0 Å². The molecule has 4 bridgehead atoms. The van der Waals surface area contributed by atoms with E-state index in [0.717, 1.165) is 37.0 Å². The van der Waals surface area contributed by atoms with Gasteiger partial charge in [-0.25, -0.2) is 9.78 Å². The van der Waals surface area contributed by atoms with Crippen LogP contribution in [0.4, 0.5) is 4.79 Å². The number of hydrogen-bond acceptors (Lipinski definition) is 5. The number of thioether (sulfide) groups is 1. The molecular weight excluding hydrogens is 436 g/mol. The normalized spacial score (nSPS) is 27.8. The Balaban J connectivity index is 1.24. The fourth-order valence-electron chi connectivity index (χ4n) is 6.61. The average molecular weight is 469 g/mol. The third kappa shape index (κ3) is 4.67. The third-order valence-electron chi connectivity index (χ3n) is 7.38. The fraction of sp³-hybridized carbons (Fsp3) is 0.600. The molecule has 7 nitrogen and oxygen atoms in total. The number of carbonyl (C=O) groups is 2. The van der Waals surface area contributed by atoms with Crippen molar-refractivity contribution < 1.29 is 9.59 Å². The van der Waals surface area contributed by atoms with E-state index < -0.39 is 6.03 Å². The number of rotatable bonds is 6. The molecule has 1 aromatic carbocycles. The molecule has 0 aliphatic heterocycles. The number of nitrogens with one attached hydrogen (secondary N) is 2.